The maximum Gasteiger partial charge on any atom is 0.249 e. The first-order valence-electron chi connectivity index (χ1n) is 9.93. The molecule has 0 aliphatic carbocycles. The van der Waals surface area contributed by atoms with E-state index >= 15 is 0 Å². The van der Waals surface area contributed by atoms with Gasteiger partial charge in [-0.25, -0.2) is 0 Å². The molecule has 160 valence electrons. The predicted octanol–water partition coefficient (Wildman–Crippen LogP) is 2.10. The molecule has 1 heterocycles. The summed E-state index contributed by atoms with van der Waals surface area (Å²) >= 11 is 0. The van der Waals surface area contributed by atoms with Crippen molar-refractivity contribution in [1.29, 1.82) is 0 Å². The zero-order valence-corrected chi connectivity index (χ0v) is 17.6. The van der Waals surface area contributed by atoms with Gasteiger partial charge in [-0.2, -0.15) is 0 Å². The molecule has 30 heavy (non-hydrogen) atoms. The lowest BCUT2D eigenvalue weighted by molar-refractivity contribution is -0.155. The van der Waals surface area contributed by atoms with Crippen LogP contribution in [0.5, 0.6) is 11.5 Å². The Balaban J connectivity index is 1.66. The quantitative estimate of drug-likeness (QED) is 0.719. The van der Waals surface area contributed by atoms with Crippen LogP contribution in [0.3, 0.4) is 0 Å². The van der Waals surface area contributed by atoms with Crippen LogP contribution in [0.1, 0.15) is 16.7 Å². The topological polar surface area (TPSA) is 77.1 Å². The number of nitrogens with one attached hydrogen (secondary N) is 1. The first-order valence-corrected chi connectivity index (χ1v) is 9.93. The fourth-order valence-corrected chi connectivity index (χ4v) is 3.50. The smallest absolute Gasteiger partial charge is 0.249 e. The lowest BCUT2D eigenvalue weighted by atomic mass is 10.1. The van der Waals surface area contributed by atoms with Crippen molar-refractivity contribution >= 4 is 11.8 Å². The number of carbonyl (C=O) groups is 2. The van der Waals surface area contributed by atoms with E-state index < -0.39 is 6.04 Å². The highest BCUT2D eigenvalue weighted by Crippen LogP contribution is 2.27. The number of aryl methyl sites for hydroxylation is 1. The summed E-state index contributed by atoms with van der Waals surface area (Å²) in [6.07, 6.45) is 0.723. The van der Waals surface area contributed by atoms with Gasteiger partial charge in [0.05, 0.1) is 27.4 Å². The van der Waals surface area contributed by atoms with E-state index in [1.165, 1.54) is 5.56 Å². The highest BCUT2D eigenvalue weighted by Gasteiger charge is 2.34. The summed E-state index contributed by atoms with van der Waals surface area (Å²) < 4.78 is 16.0. The average Bonchev–Trinajstić information content (AvgIpc) is 2.75. The van der Waals surface area contributed by atoms with Crippen molar-refractivity contribution in [3.05, 3.63) is 59.2 Å². The Morgan fingerprint density at radius 2 is 2.03 bits per heavy atom. The Morgan fingerprint density at radius 3 is 2.77 bits per heavy atom. The SMILES string of the molecule is COc1ccc(CN2C(=O)COC[C@H]2C(=O)NCCc2cccc(C)c2)c(OC)c1. The van der Waals surface area contributed by atoms with Crippen molar-refractivity contribution in [1.82, 2.24) is 10.2 Å². The monoisotopic (exact) mass is 412 g/mol. The van der Waals surface area contributed by atoms with Gasteiger partial charge in [0.15, 0.2) is 0 Å². The number of rotatable bonds is 8. The zero-order chi connectivity index (χ0) is 21.5. The molecule has 0 aromatic heterocycles. The number of nitrogens with zero attached hydrogens (tertiary/aromatic N) is 1. The first-order chi connectivity index (χ1) is 14.5. The van der Waals surface area contributed by atoms with Crippen molar-refractivity contribution < 1.29 is 23.8 Å². The summed E-state index contributed by atoms with van der Waals surface area (Å²) in [5.41, 5.74) is 3.14. The van der Waals surface area contributed by atoms with Gasteiger partial charge in [-0.3, -0.25) is 9.59 Å². The van der Waals surface area contributed by atoms with Gasteiger partial charge in [0.2, 0.25) is 11.8 Å². The number of hydrogen-bond donors (Lipinski definition) is 1. The van der Waals surface area contributed by atoms with Crippen molar-refractivity contribution in [2.24, 2.45) is 0 Å². The average molecular weight is 412 g/mol. The van der Waals surface area contributed by atoms with Crippen LogP contribution in [-0.4, -0.2) is 56.7 Å². The van der Waals surface area contributed by atoms with Crippen molar-refractivity contribution in [2.75, 3.05) is 34.0 Å². The summed E-state index contributed by atoms with van der Waals surface area (Å²) in [5.74, 6) is 0.822. The maximum absolute atomic E-state index is 12.8. The van der Waals surface area contributed by atoms with E-state index in [1.807, 2.05) is 31.2 Å². The number of amides is 2. The molecule has 0 unspecified atom stereocenters. The van der Waals surface area contributed by atoms with E-state index in [0.717, 1.165) is 17.5 Å². The summed E-state index contributed by atoms with van der Waals surface area (Å²) in [6, 6.07) is 12.9. The van der Waals surface area contributed by atoms with Gasteiger partial charge in [0.25, 0.3) is 0 Å². The zero-order valence-electron chi connectivity index (χ0n) is 17.6. The Bertz CT molecular complexity index is 899. The van der Waals surface area contributed by atoms with E-state index in [2.05, 4.69) is 11.4 Å². The summed E-state index contributed by atoms with van der Waals surface area (Å²) in [5, 5.41) is 2.94. The summed E-state index contributed by atoms with van der Waals surface area (Å²) in [6.45, 7) is 2.92. The van der Waals surface area contributed by atoms with Crippen LogP contribution in [0, 0.1) is 6.92 Å². The Morgan fingerprint density at radius 1 is 1.20 bits per heavy atom. The number of benzene rings is 2. The highest BCUT2D eigenvalue weighted by molar-refractivity contribution is 5.89. The molecule has 0 bridgehead atoms. The van der Waals surface area contributed by atoms with Crippen molar-refractivity contribution in [3.8, 4) is 11.5 Å². The minimum Gasteiger partial charge on any atom is -0.497 e. The van der Waals surface area contributed by atoms with Gasteiger partial charge in [-0.05, 0) is 31.0 Å². The van der Waals surface area contributed by atoms with Crippen molar-refractivity contribution in [2.45, 2.75) is 25.9 Å². The summed E-state index contributed by atoms with van der Waals surface area (Å²) in [4.78, 5) is 26.9. The lowest BCUT2D eigenvalue weighted by Gasteiger charge is -2.34. The second kappa shape index (κ2) is 10.1. The predicted molar refractivity (Wildman–Crippen MR) is 113 cm³/mol. The van der Waals surface area contributed by atoms with Gasteiger partial charge in [-0.1, -0.05) is 29.8 Å². The maximum atomic E-state index is 12.8. The molecule has 1 fully saturated rings. The molecule has 2 aromatic rings. The first kappa shape index (κ1) is 21.6. The largest absolute Gasteiger partial charge is 0.497 e. The van der Waals surface area contributed by atoms with Crippen molar-refractivity contribution in [3.63, 3.8) is 0 Å². The van der Waals surface area contributed by atoms with E-state index in [4.69, 9.17) is 14.2 Å². The van der Waals surface area contributed by atoms with Gasteiger partial charge in [0, 0.05) is 18.2 Å². The molecule has 1 atom stereocenters. The third-order valence-corrected chi connectivity index (χ3v) is 5.13. The van der Waals surface area contributed by atoms with Crippen LogP contribution in [0.4, 0.5) is 0 Å². The summed E-state index contributed by atoms with van der Waals surface area (Å²) in [7, 11) is 3.14. The van der Waals surface area contributed by atoms with Crippen LogP contribution in [-0.2, 0) is 27.3 Å². The van der Waals surface area contributed by atoms with Crippen LogP contribution in [0.25, 0.3) is 0 Å². The number of ether oxygens (including phenoxy) is 3. The third kappa shape index (κ3) is 5.30. The molecule has 0 radical (unpaired) electrons. The van der Waals surface area contributed by atoms with Gasteiger partial charge < -0.3 is 24.4 Å². The fourth-order valence-electron chi connectivity index (χ4n) is 3.50. The molecule has 1 aliphatic heterocycles. The lowest BCUT2D eigenvalue weighted by Crippen LogP contribution is -2.56. The van der Waals surface area contributed by atoms with Crippen LogP contribution in [0.2, 0.25) is 0 Å². The molecule has 7 nitrogen and oxygen atoms in total. The number of methoxy groups -OCH3 is 2. The molecule has 0 spiro atoms. The molecule has 0 saturated carbocycles. The second-order valence-corrected chi connectivity index (χ2v) is 7.26. The van der Waals surface area contributed by atoms with Crippen LogP contribution < -0.4 is 14.8 Å². The van der Waals surface area contributed by atoms with E-state index in [1.54, 1.807) is 31.3 Å². The molecule has 2 aromatic carbocycles. The Hall–Kier alpha value is -3.06. The Labute approximate surface area is 176 Å². The second-order valence-electron chi connectivity index (χ2n) is 7.26. The van der Waals surface area contributed by atoms with E-state index in [-0.39, 0.29) is 31.6 Å². The molecule has 7 heteroatoms. The van der Waals surface area contributed by atoms with Crippen LogP contribution in [0.15, 0.2) is 42.5 Å². The normalized spacial score (nSPS) is 16.3. The van der Waals surface area contributed by atoms with E-state index in [0.29, 0.717) is 18.0 Å². The number of morpholine rings is 1. The molecule has 1 aliphatic rings. The standard InChI is InChI=1S/C23H28N2O5/c1-16-5-4-6-17(11-16)9-10-24-23(27)20-14-30-15-22(26)25(20)13-18-7-8-19(28-2)12-21(18)29-3/h4-8,11-12,20H,9-10,13-15H2,1-3H3,(H,24,27)/t20-/m0/s1. The number of hydrogen-bond acceptors (Lipinski definition) is 5. The van der Waals surface area contributed by atoms with Crippen LogP contribution >= 0.6 is 0 Å². The van der Waals surface area contributed by atoms with Gasteiger partial charge >= 0.3 is 0 Å². The van der Waals surface area contributed by atoms with E-state index in [9.17, 15) is 9.59 Å². The molecule has 2 amide bonds. The molecular weight excluding hydrogens is 384 g/mol. The molecule has 1 saturated heterocycles. The molecular formula is C23H28N2O5. The van der Waals surface area contributed by atoms with Gasteiger partial charge in [0.1, 0.15) is 24.1 Å². The fraction of sp³-hybridized carbons (Fsp3) is 0.391. The molecule has 3 rings (SSSR count). The Kier molecular flexibility index (Phi) is 7.30. The van der Waals surface area contributed by atoms with Gasteiger partial charge in [-0.15, -0.1) is 0 Å². The third-order valence-electron chi connectivity index (χ3n) is 5.13. The minimum absolute atomic E-state index is 0.0362. The minimum atomic E-state index is -0.685. The highest BCUT2D eigenvalue weighted by atomic mass is 16.5. The number of carbonyl (C=O) groups excluding carboxylic acids is 2. The molecule has 1 N–H and O–H groups in total.